The standard InChI is InChI=1S/C23H12F12N6.Pt/c1-19(2,11-5-3-7-15(36-11)40-9-13(20(24,25)26)38-17(40)22(30,31)32)12-6-4-8-16(37-12)41-10-14(21(27,28)29)39-18(41)23(33,34)35;/h3-8H,1-2H3;/q-2;+2. The fourth-order valence-electron chi connectivity index (χ4n) is 3.57. The molecule has 0 unspecified atom stereocenters. The van der Waals surface area contributed by atoms with Crippen molar-refractivity contribution in [3.63, 3.8) is 0 Å². The smallest absolute Gasteiger partial charge is 0.443 e. The summed E-state index contributed by atoms with van der Waals surface area (Å²) in [5.41, 5.74) is -5.62. The summed E-state index contributed by atoms with van der Waals surface area (Å²) < 4.78 is 159. The first-order chi connectivity index (χ1) is 18.6. The number of hydrogen-bond acceptors (Lipinski definition) is 4. The Bertz CT molecular complexity index is 1460. The molecule has 19 heteroatoms. The van der Waals surface area contributed by atoms with Crippen molar-refractivity contribution in [3.8, 4) is 11.6 Å². The van der Waals surface area contributed by atoms with E-state index in [1.165, 1.54) is 38.4 Å². The molecule has 4 aromatic heterocycles. The van der Waals surface area contributed by atoms with Crippen molar-refractivity contribution in [3.05, 3.63) is 83.2 Å². The first-order valence-electron chi connectivity index (χ1n) is 10.9. The molecule has 4 aromatic rings. The summed E-state index contributed by atoms with van der Waals surface area (Å²) in [4.78, 5) is 13.2. The second-order valence-corrected chi connectivity index (χ2v) is 8.84. The number of nitrogens with zero attached hydrogens (tertiary/aromatic N) is 6. The van der Waals surface area contributed by atoms with Gasteiger partial charge in [-0.1, -0.05) is 36.7 Å². The summed E-state index contributed by atoms with van der Waals surface area (Å²) in [6, 6.07) is 6.66. The third-order valence-electron chi connectivity index (χ3n) is 5.55. The van der Waals surface area contributed by atoms with Crippen molar-refractivity contribution in [1.82, 2.24) is 29.1 Å². The topological polar surface area (TPSA) is 61.4 Å². The van der Waals surface area contributed by atoms with Gasteiger partial charge in [-0.05, 0) is 26.0 Å². The molecule has 0 fully saturated rings. The number of alkyl halides is 12. The van der Waals surface area contributed by atoms with Gasteiger partial charge in [-0.15, -0.1) is 0 Å². The van der Waals surface area contributed by atoms with E-state index >= 15 is 0 Å². The molecule has 0 atom stereocenters. The van der Waals surface area contributed by atoms with E-state index in [9.17, 15) is 52.7 Å². The van der Waals surface area contributed by atoms with Crippen LogP contribution in [0.5, 0.6) is 0 Å². The Hall–Kier alpha value is -3.43. The Kier molecular flexibility index (Phi) is 8.41. The van der Waals surface area contributed by atoms with Gasteiger partial charge >= 0.3 is 45.8 Å². The quantitative estimate of drug-likeness (QED) is 0.168. The minimum absolute atomic E-state index is 0. The van der Waals surface area contributed by atoms with E-state index in [2.05, 4.69) is 19.9 Å². The Labute approximate surface area is 241 Å². The summed E-state index contributed by atoms with van der Waals surface area (Å²) >= 11 is 0. The normalized spacial score (nSPS) is 13.3. The van der Waals surface area contributed by atoms with Gasteiger partial charge in [0.2, 0.25) is 0 Å². The molecule has 4 rings (SSSR count). The van der Waals surface area contributed by atoms with E-state index in [-0.39, 0.29) is 41.6 Å². The van der Waals surface area contributed by atoms with Gasteiger partial charge in [0.1, 0.15) is 11.6 Å². The fourth-order valence-corrected chi connectivity index (χ4v) is 3.57. The summed E-state index contributed by atoms with van der Waals surface area (Å²) in [6.45, 7) is 2.75. The van der Waals surface area contributed by atoms with Gasteiger partial charge in [0.05, 0.1) is 11.4 Å². The molecular weight excluding hydrogens is 783 g/mol. The molecule has 0 saturated heterocycles. The van der Waals surface area contributed by atoms with Gasteiger partial charge in [-0.25, -0.2) is 0 Å². The molecule has 0 aliphatic carbocycles. The van der Waals surface area contributed by atoms with Crippen LogP contribution in [0.15, 0.2) is 36.4 Å². The van der Waals surface area contributed by atoms with Crippen LogP contribution in [0.4, 0.5) is 52.7 Å². The van der Waals surface area contributed by atoms with E-state index in [4.69, 9.17) is 0 Å². The van der Waals surface area contributed by atoms with Crippen molar-refractivity contribution >= 4 is 0 Å². The van der Waals surface area contributed by atoms with Crippen LogP contribution in [0.3, 0.4) is 0 Å². The third kappa shape index (κ3) is 6.47. The summed E-state index contributed by atoms with van der Waals surface area (Å²) in [6.07, 6.45) is -18.2. The second kappa shape index (κ2) is 10.7. The maximum atomic E-state index is 13.5. The number of aromatic nitrogens is 6. The molecule has 0 bridgehead atoms. The second-order valence-electron chi connectivity index (χ2n) is 8.84. The van der Waals surface area contributed by atoms with Crippen LogP contribution >= 0.6 is 0 Å². The van der Waals surface area contributed by atoms with Gasteiger partial charge < -0.3 is 9.13 Å². The van der Waals surface area contributed by atoms with Crippen LogP contribution in [0.25, 0.3) is 11.6 Å². The average Bonchev–Trinajstić information content (AvgIpc) is 3.50. The number of pyridine rings is 2. The molecule has 0 N–H and O–H groups in total. The first kappa shape index (κ1) is 33.1. The molecule has 0 saturated carbocycles. The molecule has 6 nitrogen and oxygen atoms in total. The monoisotopic (exact) mass is 795 g/mol. The third-order valence-corrected chi connectivity index (χ3v) is 5.55. The average molecular weight is 795 g/mol. The van der Waals surface area contributed by atoms with E-state index in [0.717, 1.165) is 24.3 Å². The van der Waals surface area contributed by atoms with Crippen LogP contribution < -0.4 is 0 Å². The van der Waals surface area contributed by atoms with Crippen molar-refractivity contribution in [1.29, 1.82) is 0 Å². The predicted octanol–water partition coefficient (Wildman–Crippen LogP) is 6.85. The van der Waals surface area contributed by atoms with Crippen LogP contribution in [-0.4, -0.2) is 29.1 Å². The predicted molar refractivity (Wildman–Crippen MR) is 113 cm³/mol. The number of halogens is 12. The Balaban J connectivity index is 0.00000484. The largest absolute Gasteiger partial charge is 2.00 e. The minimum atomic E-state index is -5.34. The van der Waals surface area contributed by atoms with E-state index in [1.54, 1.807) is 0 Å². The Morgan fingerprint density at radius 3 is 1.14 bits per heavy atom. The van der Waals surface area contributed by atoms with Gasteiger partial charge in [-0.3, -0.25) is 19.9 Å². The first-order valence-corrected chi connectivity index (χ1v) is 10.9. The van der Waals surface area contributed by atoms with Crippen LogP contribution in [0, 0.1) is 12.4 Å². The molecule has 4 heterocycles. The molecule has 0 aliphatic rings. The van der Waals surface area contributed by atoms with E-state index in [0.29, 0.717) is 0 Å². The van der Waals surface area contributed by atoms with Crippen molar-refractivity contribution in [2.24, 2.45) is 0 Å². The zero-order valence-electron chi connectivity index (χ0n) is 20.5. The SMILES string of the molecule is CC(C)(c1cccc(-n2[c-]c(C(F)(F)F)nc2C(F)(F)F)n1)c1cccc(-n2[c-]c(C(F)(F)F)nc2C(F)(F)F)n1.[Pt+2]. The zero-order chi connectivity index (χ0) is 30.8. The van der Waals surface area contributed by atoms with Crippen LogP contribution in [0.1, 0.15) is 48.3 Å². The van der Waals surface area contributed by atoms with Gasteiger partial charge in [0.25, 0.3) is 0 Å². The number of imidazole rings is 2. The number of rotatable bonds is 4. The van der Waals surface area contributed by atoms with Gasteiger partial charge in [0.15, 0.2) is 0 Å². The summed E-state index contributed by atoms with van der Waals surface area (Å²) in [5.74, 6) is -5.30. The molecule has 0 aromatic carbocycles. The van der Waals surface area contributed by atoms with E-state index in [1.807, 2.05) is 0 Å². The maximum absolute atomic E-state index is 13.5. The molecule has 228 valence electrons. The molecule has 0 spiro atoms. The van der Waals surface area contributed by atoms with Gasteiger partial charge in [-0.2, -0.15) is 52.7 Å². The maximum Gasteiger partial charge on any atom is 2.00 e. The molecule has 0 radical (unpaired) electrons. The van der Waals surface area contributed by atoms with Crippen LogP contribution in [-0.2, 0) is 51.2 Å². The summed E-state index contributed by atoms with van der Waals surface area (Å²) in [7, 11) is 0. The molecule has 0 amide bonds. The van der Waals surface area contributed by atoms with Crippen LogP contribution in [0.2, 0.25) is 0 Å². The molecule has 0 aliphatic heterocycles. The van der Waals surface area contributed by atoms with Crippen molar-refractivity contribution in [2.75, 3.05) is 0 Å². The summed E-state index contributed by atoms with van der Waals surface area (Å²) in [5, 5.41) is 0. The molecule has 42 heavy (non-hydrogen) atoms. The minimum Gasteiger partial charge on any atom is -0.443 e. The Morgan fingerprint density at radius 1 is 0.524 bits per heavy atom. The molecular formula is C23H12F12N6Pt. The van der Waals surface area contributed by atoms with E-state index < -0.39 is 64.8 Å². The Morgan fingerprint density at radius 2 is 0.857 bits per heavy atom. The zero-order valence-corrected chi connectivity index (χ0v) is 22.8. The number of hydrogen-bond donors (Lipinski definition) is 0. The van der Waals surface area contributed by atoms with Crippen molar-refractivity contribution in [2.45, 2.75) is 44.0 Å². The van der Waals surface area contributed by atoms with Gasteiger partial charge in [0, 0.05) is 28.4 Å². The van der Waals surface area contributed by atoms with Crippen molar-refractivity contribution < 1.29 is 73.8 Å². The fraction of sp³-hybridized carbons (Fsp3) is 0.304.